The molecule has 0 saturated carbocycles. The zero-order valence-corrected chi connectivity index (χ0v) is 5.97. The quantitative estimate of drug-likeness (QED) is 0.387. The molecule has 5 heteroatoms. The Morgan fingerprint density at radius 1 is 1.58 bits per heavy atom. The molecule has 1 rings (SSSR count). The molecule has 0 amide bonds. The minimum atomic E-state index is -0.133. The fourth-order valence-corrected chi connectivity index (χ4v) is 0.721. The van der Waals surface area contributed by atoms with Crippen molar-refractivity contribution in [2.45, 2.75) is 0 Å². The first-order valence-corrected chi connectivity index (χ1v) is 3.06. The molecule has 0 atom stereocenters. The fourth-order valence-electron chi connectivity index (χ4n) is 0.721. The number of benzene rings is 1. The third-order valence-corrected chi connectivity index (χ3v) is 1.26. The van der Waals surface area contributed by atoms with Gasteiger partial charge < -0.3 is 5.11 Å². The van der Waals surface area contributed by atoms with Crippen molar-refractivity contribution >= 4 is 5.69 Å². The fraction of sp³-hybridized carbons (Fsp3) is 0. The second-order valence-electron chi connectivity index (χ2n) is 2.00. The molecule has 0 heterocycles. The van der Waals surface area contributed by atoms with E-state index in [-0.39, 0.29) is 11.4 Å². The lowest BCUT2D eigenvalue weighted by Gasteiger charge is -1.95. The summed E-state index contributed by atoms with van der Waals surface area (Å²) in [5.74, 6) is -0.133. The average Bonchev–Trinajstić information content (AvgIpc) is 2.09. The highest BCUT2D eigenvalue weighted by atomic mass is 16.3. The van der Waals surface area contributed by atoms with Gasteiger partial charge in [0.1, 0.15) is 5.75 Å². The predicted molar refractivity (Wildman–Crippen MR) is 41.6 cm³/mol. The minimum absolute atomic E-state index is 0.0663. The average molecular weight is 160 g/mol. The van der Waals surface area contributed by atoms with E-state index in [9.17, 15) is 0 Å². The monoisotopic (exact) mass is 160 g/mol. The Balaban J connectivity index is 3.28. The van der Waals surface area contributed by atoms with Gasteiger partial charge in [0, 0.05) is 4.91 Å². The van der Waals surface area contributed by atoms with Gasteiger partial charge in [-0.1, -0.05) is 5.11 Å². The van der Waals surface area contributed by atoms with E-state index < -0.39 is 0 Å². The van der Waals surface area contributed by atoms with Crippen molar-refractivity contribution in [3.63, 3.8) is 0 Å². The summed E-state index contributed by atoms with van der Waals surface area (Å²) in [6.07, 6.45) is 0. The third-order valence-electron chi connectivity index (χ3n) is 1.26. The van der Waals surface area contributed by atoms with Gasteiger partial charge in [0.15, 0.2) is 0 Å². The summed E-state index contributed by atoms with van der Waals surface area (Å²) in [5, 5.41) is 20.7. The van der Waals surface area contributed by atoms with E-state index in [1.807, 2.05) is 6.07 Å². The molecule has 0 aliphatic carbocycles. The van der Waals surface area contributed by atoms with Crippen LogP contribution in [0.15, 0.2) is 23.3 Å². The van der Waals surface area contributed by atoms with Crippen LogP contribution in [0.2, 0.25) is 0 Å². The van der Waals surface area contributed by atoms with Crippen molar-refractivity contribution in [2.75, 3.05) is 0 Å². The lowest BCUT2D eigenvalue weighted by molar-refractivity contribution is 0.476. The van der Waals surface area contributed by atoms with Crippen LogP contribution in [0, 0.1) is 11.3 Å². The van der Waals surface area contributed by atoms with Crippen molar-refractivity contribution in [3.8, 4) is 11.8 Å². The number of phenolic OH excluding ortho intramolecular Hbond substituents is 1. The summed E-state index contributed by atoms with van der Waals surface area (Å²) in [5.41, 5.74) is 8.48. The maximum absolute atomic E-state index is 9.09. The zero-order valence-electron chi connectivity index (χ0n) is 5.97. The van der Waals surface area contributed by atoms with Crippen LogP contribution in [0.1, 0.15) is 5.56 Å². The summed E-state index contributed by atoms with van der Waals surface area (Å²) in [4.78, 5) is 2.50. The van der Waals surface area contributed by atoms with E-state index in [1.54, 1.807) is 0 Å². The van der Waals surface area contributed by atoms with Crippen LogP contribution in [0.5, 0.6) is 5.75 Å². The van der Waals surface area contributed by atoms with E-state index in [1.165, 1.54) is 18.2 Å². The molecule has 0 saturated heterocycles. The van der Waals surface area contributed by atoms with E-state index in [0.717, 1.165) is 0 Å². The maximum atomic E-state index is 9.09. The SMILES string of the molecule is N#Cc1ccc(O)c(N=[N+]=[N-])c1. The van der Waals surface area contributed by atoms with Crippen molar-refractivity contribution in [3.05, 3.63) is 34.2 Å². The summed E-state index contributed by atoms with van der Waals surface area (Å²) in [7, 11) is 0. The highest BCUT2D eigenvalue weighted by molar-refractivity contribution is 5.54. The Morgan fingerprint density at radius 3 is 2.92 bits per heavy atom. The number of nitriles is 1. The van der Waals surface area contributed by atoms with E-state index >= 15 is 0 Å². The molecule has 1 aromatic rings. The van der Waals surface area contributed by atoms with Crippen molar-refractivity contribution in [2.24, 2.45) is 5.11 Å². The van der Waals surface area contributed by atoms with Gasteiger partial charge >= 0.3 is 0 Å². The Bertz CT molecular complexity index is 387. The minimum Gasteiger partial charge on any atom is -0.507 e. The second-order valence-corrected chi connectivity index (χ2v) is 2.00. The Hall–Kier alpha value is -2.18. The first-order valence-electron chi connectivity index (χ1n) is 3.06. The topological polar surface area (TPSA) is 92.8 Å². The first kappa shape index (κ1) is 7.92. The molecule has 0 aliphatic heterocycles. The maximum Gasteiger partial charge on any atom is 0.125 e. The summed E-state index contributed by atoms with van der Waals surface area (Å²) < 4.78 is 0. The van der Waals surface area contributed by atoms with Crippen molar-refractivity contribution in [1.82, 2.24) is 0 Å². The molecule has 58 valence electrons. The molecule has 12 heavy (non-hydrogen) atoms. The zero-order chi connectivity index (χ0) is 8.97. The van der Waals surface area contributed by atoms with Gasteiger partial charge in [0.25, 0.3) is 0 Å². The molecule has 0 bridgehead atoms. The Kier molecular flexibility index (Phi) is 2.17. The predicted octanol–water partition coefficient (Wildman–Crippen LogP) is 2.21. The number of hydrogen-bond acceptors (Lipinski definition) is 3. The number of aromatic hydroxyl groups is 1. The van der Waals surface area contributed by atoms with Crippen LogP contribution < -0.4 is 0 Å². The van der Waals surface area contributed by atoms with Gasteiger partial charge in [-0.25, -0.2) is 0 Å². The number of azide groups is 1. The van der Waals surface area contributed by atoms with Crippen molar-refractivity contribution in [1.29, 1.82) is 5.26 Å². The molecule has 1 N–H and O–H groups in total. The molecule has 0 spiro atoms. The van der Waals surface area contributed by atoms with Gasteiger partial charge in [-0.2, -0.15) is 5.26 Å². The third kappa shape index (κ3) is 1.45. The lowest BCUT2D eigenvalue weighted by Crippen LogP contribution is -1.72. The molecular formula is C7H4N4O. The van der Waals surface area contributed by atoms with Crippen LogP contribution in [-0.2, 0) is 0 Å². The number of hydrogen-bond donors (Lipinski definition) is 1. The highest BCUT2D eigenvalue weighted by Gasteiger charge is 1.98. The lowest BCUT2D eigenvalue weighted by atomic mass is 10.2. The number of rotatable bonds is 1. The highest BCUT2D eigenvalue weighted by Crippen LogP contribution is 2.26. The molecule has 0 aromatic heterocycles. The van der Waals surface area contributed by atoms with Crippen LogP contribution in [0.3, 0.4) is 0 Å². The smallest absolute Gasteiger partial charge is 0.125 e. The van der Waals surface area contributed by atoms with Gasteiger partial charge in [-0.3, -0.25) is 0 Å². The summed E-state index contributed by atoms with van der Waals surface area (Å²) in [6, 6.07) is 5.92. The summed E-state index contributed by atoms with van der Waals surface area (Å²) >= 11 is 0. The van der Waals surface area contributed by atoms with E-state index in [2.05, 4.69) is 10.0 Å². The molecule has 0 aliphatic rings. The second kappa shape index (κ2) is 3.28. The van der Waals surface area contributed by atoms with Crippen LogP contribution in [0.25, 0.3) is 10.4 Å². The first-order chi connectivity index (χ1) is 5.77. The van der Waals surface area contributed by atoms with Gasteiger partial charge in [-0.05, 0) is 23.7 Å². The molecule has 5 nitrogen and oxygen atoms in total. The molecule has 0 radical (unpaired) electrons. The Morgan fingerprint density at radius 2 is 2.33 bits per heavy atom. The van der Waals surface area contributed by atoms with Crippen LogP contribution in [0.4, 0.5) is 5.69 Å². The van der Waals surface area contributed by atoms with E-state index in [0.29, 0.717) is 5.56 Å². The van der Waals surface area contributed by atoms with Crippen LogP contribution in [-0.4, -0.2) is 5.11 Å². The van der Waals surface area contributed by atoms with Gasteiger partial charge in [0.05, 0.1) is 17.3 Å². The number of nitrogens with zero attached hydrogens (tertiary/aromatic N) is 4. The van der Waals surface area contributed by atoms with E-state index in [4.69, 9.17) is 15.9 Å². The molecule has 0 unspecified atom stereocenters. The normalized spacial score (nSPS) is 8.25. The number of phenols is 1. The molecule has 1 aromatic carbocycles. The van der Waals surface area contributed by atoms with Gasteiger partial charge in [0.2, 0.25) is 0 Å². The van der Waals surface area contributed by atoms with Crippen LogP contribution >= 0.6 is 0 Å². The van der Waals surface area contributed by atoms with Crippen molar-refractivity contribution < 1.29 is 5.11 Å². The summed E-state index contributed by atoms with van der Waals surface area (Å²) in [6.45, 7) is 0. The Labute approximate surface area is 68.1 Å². The van der Waals surface area contributed by atoms with Gasteiger partial charge in [-0.15, -0.1) is 0 Å². The molecular weight excluding hydrogens is 156 g/mol. The largest absolute Gasteiger partial charge is 0.507 e. The standard InChI is InChI=1S/C7H4N4O/c8-4-5-1-2-7(12)6(3-5)10-11-9/h1-3,12H. The molecule has 0 fully saturated rings.